The van der Waals surface area contributed by atoms with Crippen molar-refractivity contribution in [2.75, 3.05) is 7.11 Å². The summed E-state index contributed by atoms with van der Waals surface area (Å²) in [6, 6.07) is 11.0. The van der Waals surface area contributed by atoms with Crippen LogP contribution in [0.4, 0.5) is 8.78 Å². The van der Waals surface area contributed by atoms with Crippen LogP contribution in [0.15, 0.2) is 53.5 Å². The molecule has 0 unspecified atom stereocenters. The van der Waals surface area contributed by atoms with Crippen molar-refractivity contribution in [1.82, 2.24) is 9.36 Å². The molecule has 0 saturated heterocycles. The molecule has 0 atom stereocenters. The maximum absolute atomic E-state index is 14.2. The fraction of sp³-hybridized carbons (Fsp3) is 0.118. The highest BCUT2D eigenvalue weighted by Gasteiger charge is 2.20. The lowest BCUT2D eigenvalue weighted by molar-refractivity contribution is 0.407. The summed E-state index contributed by atoms with van der Waals surface area (Å²) in [6.45, 7) is 0. The molecule has 0 amide bonds. The van der Waals surface area contributed by atoms with Gasteiger partial charge in [0.25, 0.3) is 5.56 Å². The van der Waals surface area contributed by atoms with Crippen molar-refractivity contribution in [2.24, 2.45) is 7.05 Å². The average molecular weight is 316 g/mol. The Kier molecular flexibility index (Phi) is 3.73. The van der Waals surface area contributed by atoms with Gasteiger partial charge in [0.1, 0.15) is 17.4 Å². The van der Waals surface area contributed by atoms with E-state index in [1.165, 1.54) is 22.7 Å². The van der Waals surface area contributed by atoms with Crippen LogP contribution in [0.2, 0.25) is 0 Å². The molecule has 2 aromatic carbocycles. The van der Waals surface area contributed by atoms with Crippen LogP contribution in [0.5, 0.6) is 5.75 Å². The minimum Gasteiger partial charge on any atom is -0.497 e. The smallest absolute Gasteiger partial charge is 0.279 e. The Hall–Kier alpha value is -2.89. The zero-order valence-corrected chi connectivity index (χ0v) is 12.6. The van der Waals surface area contributed by atoms with E-state index in [9.17, 15) is 13.6 Å². The number of aromatic nitrogens is 2. The highest BCUT2D eigenvalue weighted by molar-refractivity contribution is 5.65. The normalized spacial score (nSPS) is 10.8. The van der Waals surface area contributed by atoms with E-state index in [-0.39, 0.29) is 16.9 Å². The molecule has 0 aliphatic carbocycles. The zero-order valence-electron chi connectivity index (χ0n) is 12.6. The number of nitrogens with zero attached hydrogens (tertiary/aromatic N) is 2. The number of halogens is 2. The van der Waals surface area contributed by atoms with Crippen LogP contribution in [0, 0.1) is 11.6 Å². The fourth-order valence-corrected chi connectivity index (χ4v) is 2.52. The van der Waals surface area contributed by atoms with Crippen molar-refractivity contribution in [1.29, 1.82) is 0 Å². The molecule has 1 aromatic heterocycles. The summed E-state index contributed by atoms with van der Waals surface area (Å²) < 4.78 is 36.1. The fourth-order valence-electron chi connectivity index (χ4n) is 2.52. The molecule has 1 heterocycles. The van der Waals surface area contributed by atoms with Gasteiger partial charge in [0.15, 0.2) is 0 Å². The average Bonchev–Trinajstić information content (AvgIpc) is 2.82. The van der Waals surface area contributed by atoms with E-state index in [2.05, 4.69) is 0 Å². The Morgan fingerprint density at radius 3 is 2.22 bits per heavy atom. The van der Waals surface area contributed by atoms with Gasteiger partial charge in [0.2, 0.25) is 0 Å². The standard InChI is InChI=1S/C17H14F2N2O2/c1-20-10-13(16-14(18)8-12(23-2)9-15(16)19)17(22)21(20)11-6-4-3-5-7-11/h3-10H,1-2H3. The molecule has 4 nitrogen and oxygen atoms in total. The molecular weight excluding hydrogens is 302 g/mol. The second kappa shape index (κ2) is 5.72. The molecule has 23 heavy (non-hydrogen) atoms. The maximum atomic E-state index is 14.2. The monoisotopic (exact) mass is 316 g/mol. The molecule has 0 radical (unpaired) electrons. The molecule has 3 aromatic rings. The third kappa shape index (κ3) is 2.52. The van der Waals surface area contributed by atoms with E-state index in [0.717, 1.165) is 12.1 Å². The Balaban J connectivity index is 2.23. The number of hydrogen-bond acceptors (Lipinski definition) is 2. The lowest BCUT2D eigenvalue weighted by Gasteiger charge is -2.06. The van der Waals surface area contributed by atoms with E-state index in [1.54, 1.807) is 31.3 Å². The van der Waals surface area contributed by atoms with E-state index in [0.29, 0.717) is 5.69 Å². The third-order valence-electron chi connectivity index (χ3n) is 3.58. The first-order chi connectivity index (χ1) is 11.0. The lowest BCUT2D eigenvalue weighted by atomic mass is 10.1. The summed E-state index contributed by atoms with van der Waals surface area (Å²) in [5.74, 6) is -1.63. The second-order valence-electron chi connectivity index (χ2n) is 5.03. The van der Waals surface area contributed by atoms with Crippen LogP contribution in [0.25, 0.3) is 16.8 Å². The largest absolute Gasteiger partial charge is 0.497 e. The number of ether oxygens (including phenoxy) is 1. The van der Waals surface area contributed by atoms with Crippen molar-refractivity contribution in [3.63, 3.8) is 0 Å². The number of aryl methyl sites for hydroxylation is 1. The summed E-state index contributed by atoms with van der Waals surface area (Å²) >= 11 is 0. The van der Waals surface area contributed by atoms with Crippen molar-refractivity contribution in [3.8, 4) is 22.6 Å². The van der Waals surface area contributed by atoms with Gasteiger partial charge >= 0.3 is 0 Å². The summed E-state index contributed by atoms with van der Waals surface area (Å²) in [7, 11) is 2.95. The van der Waals surface area contributed by atoms with Crippen molar-refractivity contribution >= 4 is 0 Å². The molecule has 0 aliphatic heterocycles. The van der Waals surface area contributed by atoms with E-state index in [1.807, 2.05) is 6.07 Å². The predicted octanol–water partition coefficient (Wildman–Crippen LogP) is 3.13. The Bertz CT molecular complexity index is 891. The minimum absolute atomic E-state index is 0.0472. The second-order valence-corrected chi connectivity index (χ2v) is 5.03. The van der Waals surface area contributed by atoms with Gasteiger partial charge in [0, 0.05) is 25.4 Å². The van der Waals surface area contributed by atoms with Gasteiger partial charge in [-0.25, -0.2) is 13.5 Å². The van der Waals surface area contributed by atoms with Crippen LogP contribution >= 0.6 is 0 Å². The third-order valence-corrected chi connectivity index (χ3v) is 3.58. The van der Waals surface area contributed by atoms with Crippen molar-refractivity contribution < 1.29 is 13.5 Å². The maximum Gasteiger partial charge on any atom is 0.279 e. The van der Waals surface area contributed by atoms with Crippen LogP contribution in [0.3, 0.4) is 0 Å². The van der Waals surface area contributed by atoms with Gasteiger partial charge in [-0.1, -0.05) is 18.2 Å². The SMILES string of the molecule is COc1cc(F)c(-c2cn(C)n(-c3ccccc3)c2=O)c(F)c1. The van der Waals surface area contributed by atoms with Gasteiger partial charge < -0.3 is 4.74 Å². The van der Waals surface area contributed by atoms with E-state index < -0.39 is 17.2 Å². The van der Waals surface area contributed by atoms with Gasteiger partial charge in [-0.05, 0) is 12.1 Å². The highest BCUT2D eigenvalue weighted by atomic mass is 19.1. The number of rotatable bonds is 3. The summed E-state index contributed by atoms with van der Waals surface area (Å²) in [5, 5.41) is 0. The summed E-state index contributed by atoms with van der Waals surface area (Å²) in [5.41, 5.74) is -0.294. The molecule has 118 valence electrons. The molecule has 0 spiro atoms. The highest BCUT2D eigenvalue weighted by Crippen LogP contribution is 2.28. The van der Waals surface area contributed by atoms with Crippen molar-refractivity contribution in [2.45, 2.75) is 0 Å². The van der Waals surface area contributed by atoms with Crippen molar-refractivity contribution in [3.05, 3.63) is 70.6 Å². The summed E-state index contributed by atoms with van der Waals surface area (Å²) in [4.78, 5) is 12.6. The molecule has 3 rings (SSSR count). The van der Waals surface area contributed by atoms with Gasteiger partial charge in [-0.15, -0.1) is 0 Å². The molecule has 0 fully saturated rings. The Morgan fingerprint density at radius 1 is 1.04 bits per heavy atom. The molecule has 0 bridgehead atoms. The molecule has 6 heteroatoms. The van der Waals surface area contributed by atoms with Crippen LogP contribution in [-0.2, 0) is 7.05 Å². The molecular formula is C17H14F2N2O2. The topological polar surface area (TPSA) is 36.2 Å². The summed E-state index contributed by atoms with van der Waals surface area (Å²) in [6.07, 6.45) is 1.41. The van der Waals surface area contributed by atoms with E-state index >= 15 is 0 Å². The quantitative estimate of drug-likeness (QED) is 0.744. The van der Waals surface area contributed by atoms with Gasteiger partial charge in [0.05, 0.1) is 23.9 Å². The molecule has 0 N–H and O–H groups in total. The number of methoxy groups -OCH3 is 1. The number of para-hydroxylation sites is 1. The zero-order chi connectivity index (χ0) is 16.6. The molecule has 0 aliphatic rings. The lowest BCUT2D eigenvalue weighted by Crippen LogP contribution is -2.20. The Morgan fingerprint density at radius 2 is 1.65 bits per heavy atom. The molecule has 0 saturated carbocycles. The van der Waals surface area contributed by atoms with Gasteiger partial charge in [-0.3, -0.25) is 9.48 Å². The minimum atomic E-state index is -0.843. The Labute approximate surface area is 131 Å². The van der Waals surface area contributed by atoms with E-state index in [4.69, 9.17) is 4.74 Å². The number of hydrogen-bond donors (Lipinski definition) is 0. The predicted molar refractivity (Wildman–Crippen MR) is 82.9 cm³/mol. The van der Waals surface area contributed by atoms with Crippen LogP contribution < -0.4 is 10.3 Å². The number of benzene rings is 2. The first-order valence-electron chi connectivity index (χ1n) is 6.90. The first-order valence-corrected chi connectivity index (χ1v) is 6.90. The first kappa shape index (κ1) is 15.0. The van der Waals surface area contributed by atoms with Crippen LogP contribution in [0.1, 0.15) is 0 Å². The van der Waals surface area contributed by atoms with Crippen LogP contribution in [-0.4, -0.2) is 16.5 Å². The van der Waals surface area contributed by atoms with Gasteiger partial charge in [-0.2, -0.15) is 0 Å².